The molecule has 1 aliphatic heterocycles. The van der Waals surface area contributed by atoms with Crippen molar-refractivity contribution in [2.75, 3.05) is 0 Å². The summed E-state index contributed by atoms with van der Waals surface area (Å²) in [5, 5.41) is 7.66. The van der Waals surface area contributed by atoms with E-state index in [4.69, 9.17) is 11.6 Å². The maximum absolute atomic E-state index is 12.2. The molecule has 2 atom stereocenters. The number of hydrazine groups is 1. The third-order valence-corrected chi connectivity index (χ3v) is 3.77. The fourth-order valence-electron chi connectivity index (χ4n) is 2.37. The fraction of sp³-hybridized carbons (Fsp3) is 0.357. The van der Waals surface area contributed by atoms with Gasteiger partial charge in [0.15, 0.2) is 0 Å². The van der Waals surface area contributed by atoms with E-state index < -0.39 is 0 Å². The highest BCUT2D eigenvalue weighted by Crippen LogP contribution is 2.20. The standard InChI is InChI=1S/C14H17ClN6O/c1-8-7-12(19-18-8)17-14(22)13-16-9(2)21(20-13)11-6-4-3-5-10(11)15/h3-6,8,12,18-19H,7H2,1-2H3,(H,17,22). The highest BCUT2D eigenvalue weighted by molar-refractivity contribution is 6.32. The molecule has 1 amide bonds. The number of amides is 1. The van der Waals surface area contributed by atoms with Crippen LogP contribution >= 0.6 is 11.6 Å². The summed E-state index contributed by atoms with van der Waals surface area (Å²) in [4.78, 5) is 16.5. The van der Waals surface area contributed by atoms with E-state index in [1.807, 2.05) is 25.1 Å². The van der Waals surface area contributed by atoms with E-state index in [2.05, 4.69) is 26.3 Å². The van der Waals surface area contributed by atoms with Gasteiger partial charge in [-0.05, 0) is 32.4 Å². The summed E-state index contributed by atoms with van der Waals surface area (Å²) >= 11 is 6.17. The zero-order valence-electron chi connectivity index (χ0n) is 12.3. The summed E-state index contributed by atoms with van der Waals surface area (Å²) in [6.07, 6.45) is 0.672. The second kappa shape index (κ2) is 6.04. The van der Waals surface area contributed by atoms with Gasteiger partial charge in [0.1, 0.15) is 5.82 Å². The van der Waals surface area contributed by atoms with Crippen molar-refractivity contribution in [1.82, 2.24) is 30.9 Å². The average Bonchev–Trinajstić information content (AvgIpc) is 3.06. The van der Waals surface area contributed by atoms with Gasteiger partial charge in [-0.3, -0.25) is 10.2 Å². The molecule has 8 heteroatoms. The number of carbonyl (C=O) groups is 1. The number of carbonyl (C=O) groups excluding carboxylic acids is 1. The van der Waals surface area contributed by atoms with Crippen molar-refractivity contribution in [3.05, 3.63) is 40.9 Å². The molecule has 1 aromatic heterocycles. The molecule has 0 bridgehead atoms. The van der Waals surface area contributed by atoms with Crippen LogP contribution in [0.2, 0.25) is 5.02 Å². The first-order valence-electron chi connectivity index (χ1n) is 7.05. The molecular weight excluding hydrogens is 304 g/mol. The Morgan fingerprint density at radius 2 is 2.18 bits per heavy atom. The number of para-hydroxylation sites is 1. The van der Waals surface area contributed by atoms with E-state index in [0.29, 0.717) is 22.6 Å². The first kappa shape index (κ1) is 15.0. The Labute approximate surface area is 133 Å². The molecule has 1 aromatic carbocycles. The van der Waals surface area contributed by atoms with Crippen LogP contribution in [-0.2, 0) is 0 Å². The van der Waals surface area contributed by atoms with Crippen LogP contribution in [0.15, 0.2) is 24.3 Å². The molecule has 3 rings (SSSR count). The Morgan fingerprint density at radius 1 is 1.41 bits per heavy atom. The SMILES string of the molecule is Cc1nc(C(=O)NC2CC(C)NN2)nn1-c1ccccc1Cl. The number of hydrogen-bond acceptors (Lipinski definition) is 5. The van der Waals surface area contributed by atoms with Crippen LogP contribution in [0.4, 0.5) is 0 Å². The van der Waals surface area contributed by atoms with E-state index in [1.165, 1.54) is 0 Å². The van der Waals surface area contributed by atoms with Crippen LogP contribution in [0, 0.1) is 6.92 Å². The largest absolute Gasteiger partial charge is 0.333 e. The second-order valence-electron chi connectivity index (χ2n) is 5.30. The molecule has 1 fully saturated rings. The molecule has 116 valence electrons. The molecule has 2 unspecified atom stereocenters. The minimum atomic E-state index is -0.317. The first-order valence-corrected chi connectivity index (χ1v) is 7.43. The lowest BCUT2D eigenvalue weighted by Crippen LogP contribution is -2.44. The molecule has 22 heavy (non-hydrogen) atoms. The molecule has 0 radical (unpaired) electrons. The Kier molecular flexibility index (Phi) is 4.10. The van der Waals surface area contributed by atoms with Crippen LogP contribution in [0.1, 0.15) is 29.8 Å². The smallest absolute Gasteiger partial charge is 0.292 e. The Hall–Kier alpha value is -1.96. The monoisotopic (exact) mass is 320 g/mol. The van der Waals surface area contributed by atoms with Crippen molar-refractivity contribution in [3.63, 3.8) is 0 Å². The molecule has 2 heterocycles. The Morgan fingerprint density at radius 3 is 2.86 bits per heavy atom. The normalized spacial score (nSPS) is 21.0. The van der Waals surface area contributed by atoms with Crippen molar-refractivity contribution in [3.8, 4) is 5.69 Å². The van der Waals surface area contributed by atoms with E-state index >= 15 is 0 Å². The van der Waals surface area contributed by atoms with Crippen molar-refractivity contribution < 1.29 is 4.79 Å². The van der Waals surface area contributed by atoms with Gasteiger partial charge in [0.2, 0.25) is 5.82 Å². The number of aromatic nitrogens is 3. The first-order chi connectivity index (χ1) is 10.5. The van der Waals surface area contributed by atoms with Crippen LogP contribution in [0.3, 0.4) is 0 Å². The lowest BCUT2D eigenvalue weighted by Gasteiger charge is -2.09. The van der Waals surface area contributed by atoms with Crippen molar-refractivity contribution in [2.45, 2.75) is 32.5 Å². The van der Waals surface area contributed by atoms with Gasteiger partial charge in [0, 0.05) is 6.04 Å². The van der Waals surface area contributed by atoms with Crippen LogP contribution in [-0.4, -0.2) is 32.9 Å². The maximum Gasteiger partial charge on any atom is 0.292 e. The van der Waals surface area contributed by atoms with Gasteiger partial charge in [0.05, 0.1) is 16.9 Å². The molecule has 1 aliphatic rings. The maximum atomic E-state index is 12.2. The molecule has 2 aromatic rings. The average molecular weight is 321 g/mol. The van der Waals surface area contributed by atoms with Gasteiger partial charge in [-0.25, -0.2) is 15.1 Å². The molecular formula is C14H17ClN6O. The third-order valence-electron chi connectivity index (χ3n) is 3.45. The zero-order valence-corrected chi connectivity index (χ0v) is 13.1. The predicted octanol–water partition coefficient (Wildman–Crippen LogP) is 1.17. The number of nitrogens with zero attached hydrogens (tertiary/aromatic N) is 3. The van der Waals surface area contributed by atoms with Gasteiger partial charge in [0.25, 0.3) is 5.91 Å². The summed E-state index contributed by atoms with van der Waals surface area (Å²) in [6, 6.07) is 7.60. The number of halogens is 1. The third kappa shape index (κ3) is 2.96. The van der Waals surface area contributed by atoms with Gasteiger partial charge in [-0.15, -0.1) is 5.10 Å². The molecule has 0 saturated carbocycles. The highest BCUT2D eigenvalue weighted by Gasteiger charge is 2.24. The lowest BCUT2D eigenvalue weighted by atomic mass is 10.2. The summed E-state index contributed by atoms with van der Waals surface area (Å²) in [6.45, 7) is 3.82. The van der Waals surface area contributed by atoms with Crippen LogP contribution in [0.25, 0.3) is 5.69 Å². The number of hydrogen-bond donors (Lipinski definition) is 3. The minimum absolute atomic E-state index is 0.124. The topological polar surface area (TPSA) is 83.9 Å². The van der Waals surface area contributed by atoms with Crippen molar-refractivity contribution in [2.24, 2.45) is 0 Å². The highest BCUT2D eigenvalue weighted by atomic mass is 35.5. The predicted molar refractivity (Wildman–Crippen MR) is 82.7 cm³/mol. The molecule has 3 N–H and O–H groups in total. The lowest BCUT2D eigenvalue weighted by molar-refractivity contribution is 0.0922. The van der Waals surface area contributed by atoms with E-state index in [0.717, 1.165) is 6.42 Å². The second-order valence-corrected chi connectivity index (χ2v) is 5.70. The summed E-state index contributed by atoms with van der Waals surface area (Å²) in [5.74, 6) is 0.408. The van der Waals surface area contributed by atoms with Crippen molar-refractivity contribution >= 4 is 17.5 Å². The van der Waals surface area contributed by atoms with E-state index in [-0.39, 0.29) is 17.9 Å². The van der Waals surface area contributed by atoms with Gasteiger partial charge in [-0.2, -0.15) is 0 Å². The quantitative estimate of drug-likeness (QED) is 0.790. The molecule has 1 saturated heterocycles. The van der Waals surface area contributed by atoms with Gasteiger partial charge in [-0.1, -0.05) is 23.7 Å². The van der Waals surface area contributed by atoms with Crippen LogP contribution < -0.4 is 16.2 Å². The molecule has 0 spiro atoms. The number of nitrogens with one attached hydrogen (secondary N) is 3. The van der Waals surface area contributed by atoms with Crippen molar-refractivity contribution in [1.29, 1.82) is 0 Å². The summed E-state index contributed by atoms with van der Waals surface area (Å²) < 4.78 is 1.57. The number of aryl methyl sites for hydroxylation is 1. The summed E-state index contributed by atoms with van der Waals surface area (Å²) in [5.41, 5.74) is 6.75. The van der Waals surface area contributed by atoms with E-state index in [1.54, 1.807) is 17.7 Å². The number of benzene rings is 1. The Balaban J connectivity index is 1.80. The van der Waals surface area contributed by atoms with Gasteiger partial charge < -0.3 is 5.32 Å². The summed E-state index contributed by atoms with van der Waals surface area (Å²) in [7, 11) is 0. The fourth-order valence-corrected chi connectivity index (χ4v) is 2.59. The molecule has 0 aliphatic carbocycles. The van der Waals surface area contributed by atoms with Gasteiger partial charge >= 0.3 is 0 Å². The zero-order chi connectivity index (χ0) is 15.7. The van der Waals surface area contributed by atoms with E-state index in [9.17, 15) is 4.79 Å². The minimum Gasteiger partial charge on any atom is -0.333 e. The molecule has 7 nitrogen and oxygen atoms in total. The Bertz CT molecular complexity index is 700. The number of rotatable bonds is 3. The van der Waals surface area contributed by atoms with Crippen LogP contribution in [0.5, 0.6) is 0 Å².